The summed E-state index contributed by atoms with van der Waals surface area (Å²) < 4.78 is 5.54. The molecule has 1 N–H and O–H groups in total. The van der Waals surface area contributed by atoms with Crippen molar-refractivity contribution in [2.45, 2.75) is 26.7 Å². The Morgan fingerprint density at radius 1 is 1.33 bits per heavy atom. The van der Waals surface area contributed by atoms with E-state index in [0.717, 1.165) is 19.5 Å². The number of nitro groups is 1. The first-order valence-corrected chi connectivity index (χ1v) is 6.90. The molecule has 0 saturated carbocycles. The molecule has 0 saturated heterocycles. The molecule has 2 rings (SSSR count). The summed E-state index contributed by atoms with van der Waals surface area (Å²) in [7, 11) is 0. The largest absolute Gasteiger partial charge is 0.421 e. The Bertz CT molecular complexity index is 624. The van der Waals surface area contributed by atoms with Gasteiger partial charge in [-0.05, 0) is 26.0 Å². The van der Waals surface area contributed by atoms with E-state index >= 15 is 0 Å². The summed E-state index contributed by atoms with van der Waals surface area (Å²) in [5.41, 5.74) is 1.22. The van der Waals surface area contributed by atoms with Crippen LogP contribution in [-0.2, 0) is 6.42 Å². The van der Waals surface area contributed by atoms with Crippen LogP contribution < -0.4 is 5.32 Å². The van der Waals surface area contributed by atoms with E-state index in [1.54, 1.807) is 19.1 Å². The Morgan fingerprint density at radius 3 is 2.86 bits per heavy atom. The lowest BCUT2D eigenvalue weighted by molar-refractivity contribution is -0.385. The third-order valence-corrected chi connectivity index (χ3v) is 3.06. The molecule has 2 aromatic rings. The van der Waals surface area contributed by atoms with E-state index in [-0.39, 0.29) is 5.69 Å². The third-order valence-electron chi connectivity index (χ3n) is 3.06. The molecule has 0 aliphatic rings. The number of aromatic nitrogens is 2. The van der Waals surface area contributed by atoms with Gasteiger partial charge in [-0.1, -0.05) is 13.0 Å². The second-order valence-electron chi connectivity index (χ2n) is 4.76. The molecule has 0 bridgehead atoms. The second kappa shape index (κ2) is 6.94. The van der Waals surface area contributed by atoms with Crippen molar-refractivity contribution in [2.75, 3.05) is 13.1 Å². The number of hydrogen-bond acceptors (Lipinski definition) is 6. The van der Waals surface area contributed by atoms with Crippen molar-refractivity contribution in [3.05, 3.63) is 39.8 Å². The van der Waals surface area contributed by atoms with Gasteiger partial charge in [0.05, 0.1) is 4.92 Å². The molecule has 21 heavy (non-hydrogen) atoms. The maximum Gasteiger partial charge on any atom is 0.273 e. The maximum atomic E-state index is 10.9. The lowest BCUT2D eigenvalue weighted by Gasteiger charge is -2.00. The van der Waals surface area contributed by atoms with Crippen LogP contribution in [0.1, 0.15) is 24.8 Å². The zero-order chi connectivity index (χ0) is 15.2. The van der Waals surface area contributed by atoms with Gasteiger partial charge >= 0.3 is 0 Å². The molecule has 1 heterocycles. The van der Waals surface area contributed by atoms with Crippen molar-refractivity contribution in [1.82, 2.24) is 15.5 Å². The van der Waals surface area contributed by atoms with Gasteiger partial charge in [0.15, 0.2) is 0 Å². The van der Waals surface area contributed by atoms with Gasteiger partial charge in [0.2, 0.25) is 11.8 Å². The highest BCUT2D eigenvalue weighted by Gasteiger charge is 2.15. The SMILES string of the molecule is CCCNCCc1nnc(-c2ccc(C)c([N+](=O)[O-])c2)o1. The highest BCUT2D eigenvalue weighted by Crippen LogP contribution is 2.25. The van der Waals surface area contributed by atoms with E-state index < -0.39 is 4.92 Å². The highest BCUT2D eigenvalue weighted by molar-refractivity contribution is 5.59. The summed E-state index contributed by atoms with van der Waals surface area (Å²) in [6.07, 6.45) is 1.71. The third kappa shape index (κ3) is 3.85. The van der Waals surface area contributed by atoms with E-state index in [2.05, 4.69) is 22.4 Å². The molecule has 1 aromatic heterocycles. The van der Waals surface area contributed by atoms with Crippen molar-refractivity contribution < 1.29 is 9.34 Å². The number of aryl methyl sites for hydroxylation is 1. The van der Waals surface area contributed by atoms with Crippen LogP contribution in [0.3, 0.4) is 0 Å². The summed E-state index contributed by atoms with van der Waals surface area (Å²) in [5.74, 6) is 0.834. The number of benzene rings is 1. The molecule has 0 aliphatic heterocycles. The van der Waals surface area contributed by atoms with Crippen LogP contribution >= 0.6 is 0 Å². The summed E-state index contributed by atoms with van der Waals surface area (Å²) in [6.45, 7) is 5.51. The van der Waals surface area contributed by atoms with E-state index in [1.807, 2.05) is 0 Å². The Hall–Kier alpha value is -2.28. The first kappa shape index (κ1) is 15.1. The van der Waals surface area contributed by atoms with Crippen LogP contribution in [0, 0.1) is 17.0 Å². The minimum atomic E-state index is -0.412. The van der Waals surface area contributed by atoms with Crippen molar-refractivity contribution in [3.63, 3.8) is 0 Å². The predicted molar refractivity (Wildman–Crippen MR) is 78.0 cm³/mol. The Balaban J connectivity index is 2.10. The Kier molecular flexibility index (Phi) is 4.99. The molecule has 112 valence electrons. The van der Waals surface area contributed by atoms with Gasteiger partial charge in [-0.2, -0.15) is 0 Å². The van der Waals surface area contributed by atoms with Gasteiger partial charge in [-0.25, -0.2) is 0 Å². The lowest BCUT2D eigenvalue weighted by Crippen LogP contribution is -2.17. The van der Waals surface area contributed by atoms with Gasteiger partial charge < -0.3 is 9.73 Å². The van der Waals surface area contributed by atoms with Crippen molar-refractivity contribution in [1.29, 1.82) is 0 Å². The van der Waals surface area contributed by atoms with Crippen molar-refractivity contribution >= 4 is 5.69 Å². The average molecular weight is 290 g/mol. The van der Waals surface area contributed by atoms with E-state index in [9.17, 15) is 10.1 Å². The van der Waals surface area contributed by atoms with Crippen molar-refractivity contribution in [3.8, 4) is 11.5 Å². The Labute approximate surface area is 122 Å². The number of rotatable bonds is 7. The first-order chi connectivity index (χ1) is 10.1. The second-order valence-corrected chi connectivity index (χ2v) is 4.76. The Morgan fingerprint density at radius 2 is 2.14 bits per heavy atom. The van der Waals surface area contributed by atoms with Gasteiger partial charge in [0, 0.05) is 30.2 Å². The van der Waals surface area contributed by atoms with Gasteiger partial charge in [0.1, 0.15) is 0 Å². The van der Waals surface area contributed by atoms with Crippen LogP contribution in [0.15, 0.2) is 22.6 Å². The summed E-state index contributed by atoms with van der Waals surface area (Å²) in [5, 5.41) is 22.1. The molecular formula is C14H18N4O3. The van der Waals surface area contributed by atoms with Crippen LogP contribution in [0.2, 0.25) is 0 Å². The highest BCUT2D eigenvalue weighted by atomic mass is 16.6. The minimum absolute atomic E-state index is 0.0527. The van der Waals surface area contributed by atoms with Gasteiger partial charge in [-0.3, -0.25) is 10.1 Å². The molecule has 7 nitrogen and oxygen atoms in total. The molecule has 7 heteroatoms. The maximum absolute atomic E-state index is 10.9. The molecular weight excluding hydrogens is 272 g/mol. The van der Waals surface area contributed by atoms with Crippen LogP contribution in [-0.4, -0.2) is 28.2 Å². The van der Waals surface area contributed by atoms with E-state index in [4.69, 9.17) is 4.42 Å². The quantitative estimate of drug-likeness (QED) is 0.478. The molecule has 0 unspecified atom stereocenters. The molecule has 1 aromatic carbocycles. The molecule has 0 amide bonds. The normalized spacial score (nSPS) is 10.8. The van der Waals surface area contributed by atoms with E-state index in [1.165, 1.54) is 6.07 Å². The fourth-order valence-corrected chi connectivity index (χ4v) is 1.91. The standard InChI is InChI=1S/C14H18N4O3/c1-3-7-15-8-6-13-16-17-14(21-13)11-5-4-10(2)12(9-11)18(19)20/h4-5,9,15H,3,6-8H2,1-2H3. The monoisotopic (exact) mass is 290 g/mol. The zero-order valence-corrected chi connectivity index (χ0v) is 12.1. The van der Waals surface area contributed by atoms with Gasteiger partial charge in [0.25, 0.3) is 5.69 Å². The average Bonchev–Trinajstić information content (AvgIpc) is 2.92. The summed E-state index contributed by atoms with van der Waals surface area (Å²) in [6, 6.07) is 4.89. The fourth-order valence-electron chi connectivity index (χ4n) is 1.91. The van der Waals surface area contributed by atoms with Gasteiger partial charge in [-0.15, -0.1) is 10.2 Å². The predicted octanol–water partition coefficient (Wildman–Crippen LogP) is 2.50. The molecule has 0 aliphatic carbocycles. The number of hydrogen-bond donors (Lipinski definition) is 1. The number of nitrogens with one attached hydrogen (secondary N) is 1. The van der Waals surface area contributed by atoms with Crippen LogP contribution in [0.5, 0.6) is 0 Å². The summed E-state index contributed by atoms with van der Waals surface area (Å²) >= 11 is 0. The smallest absolute Gasteiger partial charge is 0.273 e. The number of nitro benzene ring substituents is 1. The number of nitrogens with zero attached hydrogens (tertiary/aromatic N) is 3. The zero-order valence-electron chi connectivity index (χ0n) is 12.1. The van der Waals surface area contributed by atoms with E-state index in [0.29, 0.717) is 29.3 Å². The lowest BCUT2D eigenvalue weighted by atomic mass is 10.1. The van der Waals surface area contributed by atoms with Crippen LogP contribution in [0.4, 0.5) is 5.69 Å². The topological polar surface area (TPSA) is 94.1 Å². The molecule has 0 atom stereocenters. The molecule has 0 spiro atoms. The molecule has 0 radical (unpaired) electrons. The van der Waals surface area contributed by atoms with Crippen LogP contribution in [0.25, 0.3) is 11.5 Å². The fraction of sp³-hybridized carbons (Fsp3) is 0.429. The first-order valence-electron chi connectivity index (χ1n) is 6.90. The minimum Gasteiger partial charge on any atom is -0.421 e. The summed E-state index contributed by atoms with van der Waals surface area (Å²) in [4.78, 5) is 10.5. The molecule has 0 fully saturated rings. The van der Waals surface area contributed by atoms with Crippen molar-refractivity contribution in [2.24, 2.45) is 0 Å².